The van der Waals surface area contributed by atoms with E-state index < -0.39 is 0 Å². The second kappa shape index (κ2) is 7.95. The quantitative estimate of drug-likeness (QED) is 0.482. The highest BCUT2D eigenvalue weighted by molar-refractivity contribution is 14.1. The average Bonchev–Trinajstić information content (AvgIpc) is 2.46. The third-order valence-electron chi connectivity index (χ3n) is 3.66. The molecular weight excluding hydrogens is 478 g/mol. The molecule has 1 aliphatic rings. The number of halogens is 2. The van der Waals surface area contributed by atoms with Gasteiger partial charge < -0.3 is 10.4 Å². The van der Waals surface area contributed by atoms with Crippen molar-refractivity contribution in [2.75, 3.05) is 26.2 Å². The molecule has 0 radical (unpaired) electrons. The summed E-state index contributed by atoms with van der Waals surface area (Å²) in [5, 5.41) is 13.3. The fraction of sp³-hybridized carbons (Fsp3) is 0.467. The molecule has 0 unspecified atom stereocenters. The molecule has 2 N–H and O–H groups in total. The lowest BCUT2D eigenvalue weighted by Crippen LogP contribution is -2.45. The van der Waals surface area contributed by atoms with Gasteiger partial charge in [-0.15, -0.1) is 6.58 Å². The number of hydrogen-bond donors (Lipinski definition) is 2. The third kappa shape index (κ3) is 4.08. The Morgan fingerprint density at radius 3 is 2.45 bits per heavy atom. The topological polar surface area (TPSA) is 35.5 Å². The van der Waals surface area contributed by atoms with Crippen LogP contribution in [0.4, 0.5) is 0 Å². The van der Waals surface area contributed by atoms with Crippen LogP contribution < -0.4 is 5.32 Å². The zero-order valence-corrected chi connectivity index (χ0v) is 15.7. The molecule has 0 saturated carbocycles. The minimum atomic E-state index is 0.401. The number of hydrogen-bond acceptors (Lipinski definition) is 3. The smallest absolute Gasteiger partial charge is 0.142 e. The van der Waals surface area contributed by atoms with Gasteiger partial charge >= 0.3 is 0 Å². The highest BCUT2D eigenvalue weighted by atomic mass is 127. The number of phenols is 1. The first-order valence-corrected chi connectivity index (χ1v) is 9.02. The first kappa shape index (κ1) is 16.5. The van der Waals surface area contributed by atoms with Crippen molar-refractivity contribution >= 4 is 45.2 Å². The van der Waals surface area contributed by atoms with E-state index in [1.807, 2.05) is 6.08 Å². The predicted molar refractivity (Wildman–Crippen MR) is 100 cm³/mol. The molecule has 2 rings (SSSR count). The van der Waals surface area contributed by atoms with E-state index in [9.17, 15) is 5.11 Å². The fourth-order valence-corrected chi connectivity index (χ4v) is 4.42. The lowest BCUT2D eigenvalue weighted by atomic mass is 9.99. The van der Waals surface area contributed by atoms with E-state index in [2.05, 4.69) is 74.1 Å². The molecule has 1 aromatic carbocycles. The largest absolute Gasteiger partial charge is 0.506 e. The fourth-order valence-electron chi connectivity index (χ4n) is 2.61. The summed E-state index contributed by atoms with van der Waals surface area (Å²) in [5.41, 5.74) is 1.31. The summed E-state index contributed by atoms with van der Waals surface area (Å²) in [6, 6.07) is 4.65. The molecule has 1 saturated heterocycles. The molecule has 0 aromatic heterocycles. The van der Waals surface area contributed by atoms with Gasteiger partial charge in [-0.1, -0.05) is 6.08 Å². The van der Waals surface area contributed by atoms with Crippen LogP contribution in [0.1, 0.15) is 24.4 Å². The Bertz CT molecular complexity index is 450. The zero-order valence-electron chi connectivity index (χ0n) is 11.4. The lowest BCUT2D eigenvalue weighted by Gasteiger charge is -2.35. The van der Waals surface area contributed by atoms with E-state index in [4.69, 9.17) is 0 Å². The van der Waals surface area contributed by atoms with Crippen molar-refractivity contribution in [2.45, 2.75) is 18.9 Å². The molecular formula is C15H20I2N2O. The van der Waals surface area contributed by atoms with Gasteiger partial charge in [-0.25, -0.2) is 0 Å². The highest BCUT2D eigenvalue weighted by Crippen LogP contribution is 2.33. The maximum atomic E-state index is 9.94. The summed E-state index contributed by atoms with van der Waals surface area (Å²) >= 11 is 4.42. The SMILES string of the molecule is C=CCC[C@@H](c1cc(I)c(O)c(I)c1)N1CCNCC1. The van der Waals surface area contributed by atoms with Crippen molar-refractivity contribution in [3.05, 3.63) is 37.5 Å². The van der Waals surface area contributed by atoms with Gasteiger partial charge in [0.15, 0.2) is 0 Å². The Hall–Kier alpha value is 0.140. The van der Waals surface area contributed by atoms with Gasteiger partial charge in [-0.05, 0) is 75.7 Å². The number of piperazine rings is 1. The minimum absolute atomic E-state index is 0.401. The van der Waals surface area contributed by atoms with Gasteiger partial charge in [0.1, 0.15) is 5.75 Å². The van der Waals surface area contributed by atoms with Crippen LogP contribution in [0.25, 0.3) is 0 Å². The van der Waals surface area contributed by atoms with Gasteiger partial charge in [-0.3, -0.25) is 4.90 Å². The second-order valence-corrected chi connectivity index (χ2v) is 7.33. The van der Waals surface area contributed by atoms with Crippen LogP contribution in [-0.4, -0.2) is 36.2 Å². The maximum absolute atomic E-state index is 9.94. The molecule has 0 aliphatic carbocycles. The molecule has 1 fully saturated rings. The first-order chi connectivity index (χ1) is 9.63. The number of allylic oxidation sites excluding steroid dienone is 1. The summed E-state index contributed by atoms with van der Waals surface area (Å²) in [7, 11) is 0. The van der Waals surface area contributed by atoms with Gasteiger partial charge in [0.05, 0.1) is 7.14 Å². The lowest BCUT2D eigenvalue weighted by molar-refractivity contribution is 0.166. The van der Waals surface area contributed by atoms with Gasteiger partial charge in [0.2, 0.25) is 0 Å². The molecule has 110 valence electrons. The predicted octanol–water partition coefficient (Wildman–Crippen LogP) is 3.51. The van der Waals surface area contributed by atoms with E-state index in [0.717, 1.165) is 46.2 Å². The summed E-state index contributed by atoms with van der Waals surface area (Å²) in [6.07, 6.45) is 4.09. The monoisotopic (exact) mass is 498 g/mol. The molecule has 1 aromatic rings. The van der Waals surface area contributed by atoms with Crippen LogP contribution in [0, 0.1) is 7.14 Å². The number of rotatable bonds is 5. The van der Waals surface area contributed by atoms with Crippen molar-refractivity contribution < 1.29 is 5.11 Å². The average molecular weight is 498 g/mol. The van der Waals surface area contributed by atoms with Crippen molar-refractivity contribution in [3.8, 4) is 5.75 Å². The van der Waals surface area contributed by atoms with Crippen molar-refractivity contribution in [3.63, 3.8) is 0 Å². The van der Waals surface area contributed by atoms with Gasteiger partial charge in [-0.2, -0.15) is 0 Å². The number of phenolic OH excluding ortho intramolecular Hbond substituents is 1. The molecule has 5 heteroatoms. The normalized spacial score (nSPS) is 17.9. The minimum Gasteiger partial charge on any atom is -0.506 e. The first-order valence-electron chi connectivity index (χ1n) is 6.87. The van der Waals surface area contributed by atoms with Crippen molar-refractivity contribution in [1.82, 2.24) is 10.2 Å². The molecule has 0 spiro atoms. The molecule has 1 aliphatic heterocycles. The van der Waals surface area contributed by atoms with E-state index in [-0.39, 0.29) is 0 Å². The van der Waals surface area contributed by atoms with Crippen LogP contribution in [-0.2, 0) is 0 Å². The molecule has 1 heterocycles. The molecule has 0 amide bonds. The second-order valence-electron chi connectivity index (χ2n) is 5.00. The van der Waals surface area contributed by atoms with Crippen LogP contribution in [0.2, 0.25) is 0 Å². The van der Waals surface area contributed by atoms with Crippen molar-refractivity contribution in [2.24, 2.45) is 0 Å². The summed E-state index contributed by atoms with van der Waals surface area (Å²) in [4.78, 5) is 2.54. The van der Waals surface area contributed by atoms with E-state index in [0.29, 0.717) is 11.8 Å². The molecule has 1 atom stereocenters. The number of nitrogens with one attached hydrogen (secondary N) is 1. The Kier molecular flexibility index (Phi) is 6.57. The van der Waals surface area contributed by atoms with Crippen LogP contribution >= 0.6 is 45.2 Å². The van der Waals surface area contributed by atoms with Crippen LogP contribution in [0.3, 0.4) is 0 Å². The maximum Gasteiger partial charge on any atom is 0.142 e. The van der Waals surface area contributed by atoms with E-state index in [1.54, 1.807) is 0 Å². The highest BCUT2D eigenvalue weighted by Gasteiger charge is 2.23. The van der Waals surface area contributed by atoms with Gasteiger partial charge in [0.25, 0.3) is 0 Å². The van der Waals surface area contributed by atoms with Crippen molar-refractivity contribution in [1.29, 1.82) is 0 Å². The molecule has 0 bridgehead atoms. The Balaban J connectivity index is 2.27. The number of nitrogens with zero attached hydrogens (tertiary/aromatic N) is 1. The Labute approximate surface area is 148 Å². The summed E-state index contributed by atoms with van der Waals surface area (Å²) in [6.45, 7) is 8.11. The standard InChI is InChI=1S/C15H20I2N2O/c1-2-3-4-14(19-7-5-18-6-8-19)11-9-12(16)15(20)13(17)10-11/h2,9-10,14,18,20H,1,3-8H2/t14-/m0/s1. The van der Waals surface area contributed by atoms with E-state index in [1.165, 1.54) is 5.56 Å². The number of benzene rings is 1. The Morgan fingerprint density at radius 2 is 1.90 bits per heavy atom. The van der Waals surface area contributed by atoms with E-state index >= 15 is 0 Å². The van der Waals surface area contributed by atoms with Crippen LogP contribution in [0.5, 0.6) is 5.75 Å². The molecule has 3 nitrogen and oxygen atoms in total. The Morgan fingerprint density at radius 1 is 1.30 bits per heavy atom. The summed E-state index contributed by atoms with van der Waals surface area (Å²) in [5.74, 6) is 0.401. The zero-order chi connectivity index (χ0) is 14.5. The van der Waals surface area contributed by atoms with Crippen LogP contribution in [0.15, 0.2) is 24.8 Å². The van der Waals surface area contributed by atoms with Gasteiger partial charge in [0, 0.05) is 32.2 Å². The number of aromatic hydroxyl groups is 1. The molecule has 20 heavy (non-hydrogen) atoms. The third-order valence-corrected chi connectivity index (χ3v) is 5.31. The summed E-state index contributed by atoms with van der Waals surface area (Å²) < 4.78 is 1.87.